The summed E-state index contributed by atoms with van der Waals surface area (Å²) in [6.45, 7) is 2.02. The second-order valence-corrected chi connectivity index (χ2v) is 7.04. The maximum atomic E-state index is 12.1. The second kappa shape index (κ2) is 9.21. The van der Waals surface area contributed by atoms with Crippen molar-refractivity contribution in [3.05, 3.63) is 54.1 Å². The largest absolute Gasteiger partial charge is 0.457 e. The Morgan fingerprint density at radius 2 is 1.52 bits per heavy atom. The topological polar surface area (TPSA) is 67.4 Å². The van der Waals surface area contributed by atoms with Gasteiger partial charge in [-0.3, -0.25) is 9.59 Å². The Labute approximate surface area is 160 Å². The van der Waals surface area contributed by atoms with E-state index in [2.05, 4.69) is 10.6 Å². The molecule has 27 heavy (non-hydrogen) atoms. The summed E-state index contributed by atoms with van der Waals surface area (Å²) in [5, 5.41) is 5.53. The fourth-order valence-electron chi connectivity index (χ4n) is 3.23. The van der Waals surface area contributed by atoms with E-state index in [1.165, 1.54) is 12.0 Å². The van der Waals surface area contributed by atoms with Crippen molar-refractivity contribution in [3.8, 4) is 11.5 Å². The number of benzene rings is 2. The molecule has 0 radical (unpaired) electrons. The monoisotopic (exact) mass is 366 g/mol. The van der Waals surface area contributed by atoms with Crippen molar-refractivity contribution in [1.82, 2.24) is 5.32 Å². The summed E-state index contributed by atoms with van der Waals surface area (Å²) in [5.41, 5.74) is 1.85. The molecule has 3 rings (SSSR count). The van der Waals surface area contributed by atoms with Crippen LogP contribution in [0.5, 0.6) is 11.5 Å². The van der Waals surface area contributed by atoms with Gasteiger partial charge in [-0.25, -0.2) is 0 Å². The van der Waals surface area contributed by atoms with E-state index < -0.39 is 0 Å². The third kappa shape index (κ3) is 5.84. The highest BCUT2D eigenvalue weighted by Gasteiger charge is 2.21. The molecule has 0 bridgehead atoms. The van der Waals surface area contributed by atoms with E-state index in [-0.39, 0.29) is 24.3 Å². The lowest BCUT2D eigenvalue weighted by Crippen LogP contribution is -2.37. The number of amides is 2. The van der Waals surface area contributed by atoms with Crippen LogP contribution in [-0.4, -0.2) is 18.4 Å². The minimum absolute atomic E-state index is 0.00302. The molecule has 0 spiro atoms. The van der Waals surface area contributed by atoms with Gasteiger partial charge in [-0.2, -0.15) is 0 Å². The summed E-state index contributed by atoms with van der Waals surface area (Å²) < 4.78 is 5.77. The summed E-state index contributed by atoms with van der Waals surface area (Å²) in [7, 11) is 0. The normalized spacial score (nSPS) is 14.4. The predicted molar refractivity (Wildman–Crippen MR) is 106 cm³/mol. The van der Waals surface area contributed by atoms with Gasteiger partial charge < -0.3 is 15.4 Å². The van der Waals surface area contributed by atoms with Gasteiger partial charge in [0, 0.05) is 11.6 Å². The number of ether oxygens (including phenoxy) is 1. The Balaban J connectivity index is 1.45. The first-order valence-electron chi connectivity index (χ1n) is 9.52. The second-order valence-electron chi connectivity index (χ2n) is 7.04. The molecule has 1 saturated carbocycles. The summed E-state index contributed by atoms with van der Waals surface area (Å²) in [6, 6.07) is 15.0. The molecule has 0 heterocycles. The van der Waals surface area contributed by atoms with Crippen molar-refractivity contribution in [3.63, 3.8) is 0 Å². The zero-order valence-electron chi connectivity index (χ0n) is 15.7. The number of hydrogen-bond acceptors (Lipinski definition) is 3. The fraction of sp³-hybridized carbons (Fsp3) is 0.364. The predicted octanol–water partition coefficient (Wildman–Crippen LogP) is 4.42. The zero-order chi connectivity index (χ0) is 19.1. The molecule has 0 atom stereocenters. The van der Waals surface area contributed by atoms with Gasteiger partial charge in [-0.15, -0.1) is 0 Å². The molecule has 1 fully saturated rings. The van der Waals surface area contributed by atoms with Crippen molar-refractivity contribution >= 4 is 17.5 Å². The van der Waals surface area contributed by atoms with Gasteiger partial charge in [0.15, 0.2) is 0 Å². The number of carbonyl (C=O) groups is 2. The molecular weight excluding hydrogens is 340 g/mol. The molecule has 0 unspecified atom stereocenters. The first kappa shape index (κ1) is 19.0. The standard InChI is InChI=1S/C22H26N2O3/c1-16-7-11-19(12-8-16)27-20-13-9-18(10-14-20)24-21(25)15-23-22(26)17-5-3-2-4-6-17/h7-14,17H,2-6,15H2,1H3,(H,23,26)(H,24,25). The average molecular weight is 366 g/mol. The van der Waals surface area contributed by atoms with Crippen LogP contribution in [0.3, 0.4) is 0 Å². The molecular formula is C22H26N2O3. The SMILES string of the molecule is Cc1ccc(Oc2ccc(NC(=O)CNC(=O)C3CCCCC3)cc2)cc1. The first-order chi connectivity index (χ1) is 13.1. The minimum Gasteiger partial charge on any atom is -0.457 e. The van der Waals surface area contributed by atoms with Crippen molar-refractivity contribution in [1.29, 1.82) is 0 Å². The molecule has 142 valence electrons. The quantitative estimate of drug-likeness (QED) is 0.795. The van der Waals surface area contributed by atoms with E-state index in [1.807, 2.05) is 31.2 Å². The fourth-order valence-corrected chi connectivity index (χ4v) is 3.23. The number of carbonyl (C=O) groups excluding carboxylic acids is 2. The zero-order valence-corrected chi connectivity index (χ0v) is 15.7. The van der Waals surface area contributed by atoms with Crippen LogP contribution in [0.15, 0.2) is 48.5 Å². The van der Waals surface area contributed by atoms with Crippen LogP contribution < -0.4 is 15.4 Å². The Bertz CT molecular complexity index is 763. The third-order valence-electron chi connectivity index (χ3n) is 4.79. The van der Waals surface area contributed by atoms with Gasteiger partial charge in [-0.05, 0) is 56.2 Å². The summed E-state index contributed by atoms with van der Waals surface area (Å²) >= 11 is 0. The summed E-state index contributed by atoms with van der Waals surface area (Å²) in [4.78, 5) is 24.1. The Hall–Kier alpha value is -2.82. The molecule has 2 N–H and O–H groups in total. The van der Waals surface area contributed by atoms with Crippen LogP contribution in [0, 0.1) is 12.8 Å². The van der Waals surface area contributed by atoms with E-state index >= 15 is 0 Å². The number of nitrogens with one attached hydrogen (secondary N) is 2. The van der Waals surface area contributed by atoms with E-state index in [1.54, 1.807) is 24.3 Å². The van der Waals surface area contributed by atoms with Gasteiger partial charge in [0.2, 0.25) is 11.8 Å². The smallest absolute Gasteiger partial charge is 0.243 e. The van der Waals surface area contributed by atoms with E-state index in [0.717, 1.165) is 31.4 Å². The molecule has 0 saturated heterocycles. The maximum absolute atomic E-state index is 12.1. The van der Waals surface area contributed by atoms with Crippen LogP contribution in [0.1, 0.15) is 37.7 Å². The highest BCUT2D eigenvalue weighted by molar-refractivity contribution is 5.94. The molecule has 1 aliphatic carbocycles. The molecule has 5 heteroatoms. The number of anilines is 1. The Morgan fingerprint density at radius 1 is 0.926 bits per heavy atom. The highest BCUT2D eigenvalue weighted by atomic mass is 16.5. The van der Waals surface area contributed by atoms with E-state index in [9.17, 15) is 9.59 Å². The number of hydrogen-bond donors (Lipinski definition) is 2. The summed E-state index contributed by atoms with van der Waals surface area (Å²) in [5.74, 6) is 1.29. The minimum atomic E-state index is -0.230. The van der Waals surface area contributed by atoms with Gasteiger partial charge >= 0.3 is 0 Å². The van der Waals surface area contributed by atoms with Crippen molar-refractivity contribution in [2.75, 3.05) is 11.9 Å². The van der Waals surface area contributed by atoms with Crippen LogP contribution >= 0.6 is 0 Å². The molecule has 2 aromatic carbocycles. The van der Waals surface area contributed by atoms with Crippen molar-refractivity contribution in [2.24, 2.45) is 5.92 Å². The molecule has 2 aromatic rings. The van der Waals surface area contributed by atoms with Gasteiger partial charge in [0.1, 0.15) is 11.5 Å². The van der Waals surface area contributed by atoms with Gasteiger partial charge in [0.25, 0.3) is 0 Å². The molecule has 0 aliphatic heterocycles. The highest BCUT2D eigenvalue weighted by Crippen LogP contribution is 2.24. The van der Waals surface area contributed by atoms with Crippen LogP contribution in [0.2, 0.25) is 0 Å². The Morgan fingerprint density at radius 3 is 2.15 bits per heavy atom. The van der Waals surface area contributed by atoms with Crippen LogP contribution in [0.4, 0.5) is 5.69 Å². The molecule has 5 nitrogen and oxygen atoms in total. The van der Waals surface area contributed by atoms with E-state index in [0.29, 0.717) is 11.4 Å². The lowest BCUT2D eigenvalue weighted by molar-refractivity contribution is -0.128. The Kier molecular flexibility index (Phi) is 6.47. The summed E-state index contributed by atoms with van der Waals surface area (Å²) in [6.07, 6.45) is 5.25. The van der Waals surface area contributed by atoms with Gasteiger partial charge in [-0.1, -0.05) is 37.0 Å². The first-order valence-corrected chi connectivity index (χ1v) is 9.52. The van der Waals surface area contributed by atoms with Crippen molar-refractivity contribution < 1.29 is 14.3 Å². The van der Waals surface area contributed by atoms with Crippen LogP contribution in [0.25, 0.3) is 0 Å². The lowest BCUT2D eigenvalue weighted by Gasteiger charge is -2.20. The van der Waals surface area contributed by atoms with Gasteiger partial charge in [0.05, 0.1) is 6.54 Å². The van der Waals surface area contributed by atoms with E-state index in [4.69, 9.17) is 4.74 Å². The average Bonchev–Trinajstić information content (AvgIpc) is 2.70. The maximum Gasteiger partial charge on any atom is 0.243 e. The number of aryl methyl sites for hydroxylation is 1. The number of rotatable bonds is 6. The third-order valence-corrected chi connectivity index (χ3v) is 4.79. The van der Waals surface area contributed by atoms with Crippen LogP contribution in [-0.2, 0) is 9.59 Å². The molecule has 1 aliphatic rings. The van der Waals surface area contributed by atoms with Crippen molar-refractivity contribution in [2.45, 2.75) is 39.0 Å². The molecule has 2 amide bonds. The lowest BCUT2D eigenvalue weighted by atomic mass is 9.89. The molecule has 0 aromatic heterocycles.